The summed E-state index contributed by atoms with van der Waals surface area (Å²) in [6, 6.07) is 16.5. The van der Waals surface area contributed by atoms with Crippen LogP contribution in [-0.4, -0.2) is 22.7 Å². The van der Waals surface area contributed by atoms with E-state index in [1.54, 1.807) is 31.2 Å². The lowest BCUT2D eigenvalue weighted by Gasteiger charge is -2.14. The first-order valence-corrected chi connectivity index (χ1v) is 8.92. The molecule has 0 unspecified atom stereocenters. The second kappa shape index (κ2) is 7.25. The van der Waals surface area contributed by atoms with E-state index in [9.17, 15) is 24.5 Å². The fraction of sp³-hybridized carbons (Fsp3) is 0.0455. The van der Waals surface area contributed by atoms with Gasteiger partial charge < -0.3 is 4.74 Å². The quantitative estimate of drug-likeness (QED) is 0.215. The van der Waals surface area contributed by atoms with E-state index in [-0.39, 0.29) is 17.0 Å². The number of amides is 2. The van der Waals surface area contributed by atoms with Crippen LogP contribution in [0.1, 0.15) is 36.6 Å². The fourth-order valence-electron chi connectivity index (χ4n) is 3.19. The van der Waals surface area contributed by atoms with Crippen LogP contribution in [0.25, 0.3) is 0 Å². The molecule has 0 spiro atoms. The van der Waals surface area contributed by atoms with Gasteiger partial charge in [-0.2, -0.15) is 0 Å². The molecule has 0 aliphatic carbocycles. The molecule has 3 aromatic carbocycles. The number of nitro groups is 1. The molecule has 1 heterocycles. The average molecular weight is 402 g/mol. The highest BCUT2D eigenvalue weighted by Gasteiger charge is 2.36. The minimum atomic E-state index is -0.758. The summed E-state index contributed by atoms with van der Waals surface area (Å²) in [5.41, 5.74) is 1.30. The molecule has 0 saturated carbocycles. The third kappa shape index (κ3) is 3.20. The number of aryl methyl sites for hydroxylation is 1. The summed E-state index contributed by atoms with van der Waals surface area (Å²) in [7, 11) is 0. The summed E-state index contributed by atoms with van der Waals surface area (Å²) in [5.74, 6) is -1.44. The smallest absolute Gasteiger partial charge is 0.343 e. The molecule has 0 aromatic heterocycles. The lowest BCUT2D eigenvalue weighted by molar-refractivity contribution is -0.385. The number of hydrogen-bond donors (Lipinski definition) is 0. The average Bonchev–Trinajstić information content (AvgIpc) is 2.99. The van der Waals surface area contributed by atoms with Crippen molar-refractivity contribution in [3.63, 3.8) is 0 Å². The van der Waals surface area contributed by atoms with Gasteiger partial charge in [-0.3, -0.25) is 19.7 Å². The first kappa shape index (κ1) is 19.0. The van der Waals surface area contributed by atoms with Crippen molar-refractivity contribution in [2.24, 2.45) is 0 Å². The number of hydrogen-bond acceptors (Lipinski definition) is 6. The van der Waals surface area contributed by atoms with E-state index in [1.807, 2.05) is 0 Å². The zero-order valence-corrected chi connectivity index (χ0v) is 15.7. The number of nitrogens with zero attached hydrogens (tertiary/aromatic N) is 2. The van der Waals surface area contributed by atoms with Gasteiger partial charge in [0.05, 0.1) is 27.3 Å². The lowest BCUT2D eigenvalue weighted by atomic mass is 10.1. The zero-order valence-electron chi connectivity index (χ0n) is 15.7. The third-order valence-corrected chi connectivity index (χ3v) is 4.74. The van der Waals surface area contributed by atoms with Crippen molar-refractivity contribution in [2.45, 2.75) is 6.92 Å². The predicted octanol–water partition coefficient (Wildman–Crippen LogP) is 3.92. The van der Waals surface area contributed by atoms with E-state index >= 15 is 0 Å². The predicted molar refractivity (Wildman–Crippen MR) is 107 cm³/mol. The number of carbonyl (C=O) groups excluding carboxylic acids is 3. The number of anilines is 1. The minimum absolute atomic E-state index is 0.0386. The van der Waals surface area contributed by atoms with Crippen molar-refractivity contribution < 1.29 is 24.0 Å². The Bertz CT molecular complexity index is 1180. The van der Waals surface area contributed by atoms with Gasteiger partial charge in [-0.1, -0.05) is 18.2 Å². The van der Waals surface area contributed by atoms with E-state index in [1.165, 1.54) is 36.4 Å². The molecule has 8 heteroatoms. The van der Waals surface area contributed by atoms with Crippen LogP contribution in [0.5, 0.6) is 5.75 Å². The lowest BCUT2D eigenvalue weighted by Crippen LogP contribution is -2.29. The Morgan fingerprint density at radius 1 is 0.933 bits per heavy atom. The molecule has 8 nitrogen and oxygen atoms in total. The molecule has 2 amide bonds. The highest BCUT2D eigenvalue weighted by atomic mass is 16.6. The Morgan fingerprint density at radius 2 is 1.53 bits per heavy atom. The first-order valence-electron chi connectivity index (χ1n) is 8.92. The van der Waals surface area contributed by atoms with Gasteiger partial charge in [0.25, 0.3) is 17.5 Å². The van der Waals surface area contributed by atoms with Crippen molar-refractivity contribution in [2.75, 3.05) is 4.90 Å². The maximum absolute atomic E-state index is 12.5. The number of fused-ring (bicyclic) bond motifs is 1. The SMILES string of the molecule is Cc1ccc(C(=O)Oc2ccc(N3C(=O)c4ccccc4C3=O)cc2)cc1[N+](=O)[O-]. The van der Waals surface area contributed by atoms with Crippen LogP contribution in [0.15, 0.2) is 66.7 Å². The molecule has 148 valence electrons. The van der Waals surface area contributed by atoms with E-state index in [2.05, 4.69) is 0 Å². The first-order chi connectivity index (χ1) is 14.4. The number of benzene rings is 3. The van der Waals surface area contributed by atoms with Crippen LogP contribution in [0.4, 0.5) is 11.4 Å². The number of esters is 1. The van der Waals surface area contributed by atoms with Crippen LogP contribution >= 0.6 is 0 Å². The molecule has 3 aromatic rings. The number of rotatable bonds is 4. The molecule has 30 heavy (non-hydrogen) atoms. The Hall–Kier alpha value is -4.33. The van der Waals surface area contributed by atoms with Gasteiger partial charge in [-0.15, -0.1) is 0 Å². The molecule has 0 fully saturated rings. The molecule has 0 bridgehead atoms. The summed E-state index contributed by atoms with van der Waals surface area (Å²) < 4.78 is 5.26. The maximum Gasteiger partial charge on any atom is 0.343 e. The topological polar surface area (TPSA) is 107 Å². The Balaban J connectivity index is 1.53. The largest absolute Gasteiger partial charge is 0.423 e. The molecule has 0 radical (unpaired) electrons. The zero-order chi connectivity index (χ0) is 21.4. The normalized spacial score (nSPS) is 12.6. The van der Waals surface area contributed by atoms with Gasteiger partial charge in [0.1, 0.15) is 5.75 Å². The molecule has 1 aliphatic rings. The summed E-state index contributed by atoms with van der Waals surface area (Å²) in [5, 5.41) is 11.0. The van der Waals surface area contributed by atoms with Crippen molar-refractivity contribution in [1.82, 2.24) is 0 Å². The van der Waals surface area contributed by atoms with Crippen LogP contribution in [-0.2, 0) is 0 Å². The van der Waals surface area contributed by atoms with E-state index < -0.39 is 22.7 Å². The van der Waals surface area contributed by atoms with Crippen molar-refractivity contribution in [1.29, 1.82) is 0 Å². The monoisotopic (exact) mass is 402 g/mol. The maximum atomic E-state index is 12.5. The van der Waals surface area contributed by atoms with Crippen LogP contribution in [0.3, 0.4) is 0 Å². The molecule has 0 saturated heterocycles. The molecule has 4 rings (SSSR count). The molecule has 0 N–H and O–H groups in total. The number of ether oxygens (including phenoxy) is 1. The Labute approximate surface area is 170 Å². The van der Waals surface area contributed by atoms with Crippen LogP contribution in [0, 0.1) is 17.0 Å². The summed E-state index contributed by atoms with van der Waals surface area (Å²) in [6.07, 6.45) is 0. The summed E-state index contributed by atoms with van der Waals surface area (Å²) >= 11 is 0. The van der Waals surface area contributed by atoms with E-state index in [0.29, 0.717) is 22.4 Å². The van der Waals surface area contributed by atoms with Crippen LogP contribution < -0.4 is 9.64 Å². The van der Waals surface area contributed by atoms with E-state index in [4.69, 9.17) is 4.74 Å². The van der Waals surface area contributed by atoms with Crippen molar-refractivity contribution in [3.8, 4) is 5.75 Å². The highest BCUT2D eigenvalue weighted by Crippen LogP contribution is 2.29. The summed E-state index contributed by atoms with van der Waals surface area (Å²) in [6.45, 7) is 1.57. The van der Waals surface area contributed by atoms with E-state index in [0.717, 1.165) is 11.0 Å². The van der Waals surface area contributed by atoms with Gasteiger partial charge in [-0.05, 0) is 49.4 Å². The second-order valence-electron chi connectivity index (χ2n) is 6.63. The molecular weight excluding hydrogens is 388 g/mol. The number of imide groups is 1. The van der Waals surface area contributed by atoms with Crippen molar-refractivity contribution >= 4 is 29.2 Å². The Kier molecular flexibility index (Phi) is 4.59. The van der Waals surface area contributed by atoms with Crippen LogP contribution in [0.2, 0.25) is 0 Å². The van der Waals surface area contributed by atoms with Gasteiger partial charge in [-0.25, -0.2) is 9.69 Å². The van der Waals surface area contributed by atoms with Crippen molar-refractivity contribution in [3.05, 3.63) is 99.1 Å². The molecule has 0 atom stereocenters. The minimum Gasteiger partial charge on any atom is -0.423 e. The number of carbonyl (C=O) groups is 3. The fourth-order valence-corrected chi connectivity index (χ4v) is 3.19. The second-order valence-corrected chi connectivity index (χ2v) is 6.63. The van der Waals surface area contributed by atoms with Gasteiger partial charge in [0, 0.05) is 11.6 Å². The van der Waals surface area contributed by atoms with Gasteiger partial charge in [0.2, 0.25) is 0 Å². The van der Waals surface area contributed by atoms with Gasteiger partial charge in [0.15, 0.2) is 0 Å². The number of nitro benzene ring substituents is 1. The molecular formula is C22H14N2O6. The Morgan fingerprint density at radius 3 is 2.10 bits per heavy atom. The summed E-state index contributed by atoms with van der Waals surface area (Å²) in [4.78, 5) is 48.9. The highest BCUT2D eigenvalue weighted by molar-refractivity contribution is 6.34. The van der Waals surface area contributed by atoms with Gasteiger partial charge >= 0.3 is 5.97 Å². The molecule has 1 aliphatic heterocycles. The third-order valence-electron chi connectivity index (χ3n) is 4.74. The standard InChI is InChI=1S/C22H14N2O6/c1-13-6-7-14(12-19(13)24(28)29)22(27)30-16-10-8-15(9-11-16)23-20(25)17-4-2-3-5-18(17)21(23)26/h2-12H,1H3.